The Bertz CT molecular complexity index is 576. The van der Waals surface area contributed by atoms with Gasteiger partial charge in [-0.25, -0.2) is 0 Å². The van der Waals surface area contributed by atoms with Crippen LogP contribution in [0.25, 0.3) is 0 Å². The van der Waals surface area contributed by atoms with E-state index >= 15 is 0 Å². The fourth-order valence-electron chi connectivity index (χ4n) is 1.85. The van der Waals surface area contributed by atoms with Gasteiger partial charge < -0.3 is 40.1 Å². The van der Waals surface area contributed by atoms with E-state index in [9.17, 15) is 10.2 Å². The fourth-order valence-corrected chi connectivity index (χ4v) is 1.85. The molecule has 0 amide bonds. The summed E-state index contributed by atoms with van der Waals surface area (Å²) in [5.74, 6) is -0.0731. The average molecular weight is 402 g/mol. The number of hydrogen-bond acceptors (Lipinski definition) is 8. The standard InChI is InChI=1S/2C8H10O4.C2H6.2CH4/c2*1-12-7-3-6(10)2-5(4-9)8(7)11;1-2;;/h2*2-3,9-11H,4H2,1H3;1-2H3;2*1H4. The predicted octanol–water partition coefficient (Wildman–Crippen LogP) is 3.50. The summed E-state index contributed by atoms with van der Waals surface area (Å²) in [5, 5.41) is 54.3. The van der Waals surface area contributed by atoms with Crippen LogP contribution in [0, 0.1) is 0 Å². The molecule has 162 valence electrons. The summed E-state index contributed by atoms with van der Waals surface area (Å²) >= 11 is 0. The lowest BCUT2D eigenvalue weighted by Gasteiger charge is -2.07. The lowest BCUT2D eigenvalue weighted by molar-refractivity contribution is 0.271. The summed E-state index contributed by atoms with van der Waals surface area (Å²) in [6.07, 6.45) is 0. The molecule has 0 fully saturated rings. The van der Waals surface area contributed by atoms with Crippen LogP contribution in [0.3, 0.4) is 0 Å². The van der Waals surface area contributed by atoms with Gasteiger partial charge >= 0.3 is 0 Å². The van der Waals surface area contributed by atoms with Crippen molar-refractivity contribution in [1.82, 2.24) is 0 Å². The maximum absolute atomic E-state index is 9.32. The van der Waals surface area contributed by atoms with Crippen molar-refractivity contribution in [2.24, 2.45) is 0 Å². The largest absolute Gasteiger partial charge is 0.508 e. The molecule has 0 aliphatic rings. The van der Waals surface area contributed by atoms with Crippen molar-refractivity contribution in [3.63, 3.8) is 0 Å². The third kappa shape index (κ3) is 8.24. The molecular weight excluding hydrogens is 368 g/mol. The van der Waals surface area contributed by atoms with Crippen molar-refractivity contribution in [3.8, 4) is 34.5 Å². The van der Waals surface area contributed by atoms with Crippen molar-refractivity contribution >= 4 is 0 Å². The molecule has 2 rings (SSSR count). The third-order valence-electron chi connectivity index (χ3n) is 3.06. The van der Waals surface area contributed by atoms with Crippen LogP contribution in [0.15, 0.2) is 24.3 Å². The van der Waals surface area contributed by atoms with E-state index < -0.39 is 0 Å². The Labute approximate surface area is 166 Å². The number of phenolic OH excluding ortho intramolecular Hbond substituents is 2. The summed E-state index contributed by atoms with van der Waals surface area (Å²) in [7, 11) is 2.74. The highest BCUT2D eigenvalue weighted by Gasteiger charge is 2.09. The topological polar surface area (TPSA) is 140 Å². The highest BCUT2D eigenvalue weighted by Crippen LogP contribution is 2.34. The Kier molecular flexibility index (Phi) is 16.3. The zero-order chi connectivity index (χ0) is 20.3. The molecule has 2 aromatic rings. The number of rotatable bonds is 4. The molecule has 8 nitrogen and oxygen atoms in total. The molecule has 0 saturated heterocycles. The summed E-state index contributed by atoms with van der Waals surface area (Å²) in [5.41, 5.74) is 0.485. The first kappa shape index (κ1) is 29.9. The molecule has 0 radical (unpaired) electrons. The van der Waals surface area contributed by atoms with Crippen molar-refractivity contribution in [1.29, 1.82) is 0 Å². The summed E-state index contributed by atoms with van der Waals surface area (Å²) in [6, 6.07) is 5.10. The van der Waals surface area contributed by atoms with Crippen molar-refractivity contribution in [2.45, 2.75) is 41.9 Å². The van der Waals surface area contributed by atoms with E-state index in [-0.39, 0.29) is 73.7 Å². The van der Waals surface area contributed by atoms with Crippen LogP contribution < -0.4 is 9.47 Å². The Morgan fingerprint density at radius 2 is 0.929 bits per heavy atom. The molecule has 0 aliphatic carbocycles. The molecule has 0 bridgehead atoms. The molecule has 0 atom stereocenters. The van der Waals surface area contributed by atoms with E-state index in [0.29, 0.717) is 0 Å². The minimum absolute atomic E-state index is 0. The molecule has 0 aliphatic heterocycles. The first-order valence-corrected chi connectivity index (χ1v) is 7.77. The molecular formula is C20H34O8. The van der Waals surface area contributed by atoms with Crippen molar-refractivity contribution < 1.29 is 40.1 Å². The highest BCUT2D eigenvalue weighted by atomic mass is 16.5. The van der Waals surface area contributed by atoms with Gasteiger partial charge in [-0.1, -0.05) is 28.7 Å². The quantitative estimate of drug-likeness (QED) is 0.427. The van der Waals surface area contributed by atoms with Gasteiger partial charge in [0.25, 0.3) is 0 Å². The van der Waals surface area contributed by atoms with Gasteiger partial charge in [-0.2, -0.15) is 0 Å². The number of hydrogen-bond donors (Lipinski definition) is 6. The van der Waals surface area contributed by atoms with Gasteiger partial charge in [0, 0.05) is 23.3 Å². The minimum Gasteiger partial charge on any atom is -0.508 e. The number of ether oxygens (including phenoxy) is 2. The second kappa shape index (κ2) is 15.2. The second-order valence-corrected chi connectivity index (χ2v) is 4.63. The summed E-state index contributed by atoms with van der Waals surface area (Å²) in [6.45, 7) is 3.33. The monoisotopic (exact) mass is 402 g/mol. The Morgan fingerprint density at radius 3 is 1.14 bits per heavy atom. The van der Waals surface area contributed by atoms with Gasteiger partial charge in [-0.15, -0.1) is 0 Å². The molecule has 2 aromatic carbocycles. The Hall–Kier alpha value is -2.84. The first-order chi connectivity index (χ1) is 12.4. The van der Waals surface area contributed by atoms with E-state index in [1.54, 1.807) is 0 Å². The van der Waals surface area contributed by atoms with Crippen LogP contribution in [-0.4, -0.2) is 44.9 Å². The van der Waals surface area contributed by atoms with Crippen LogP contribution in [0.2, 0.25) is 0 Å². The third-order valence-corrected chi connectivity index (χ3v) is 3.06. The maximum atomic E-state index is 9.32. The molecule has 0 heterocycles. The minimum atomic E-state index is -0.337. The van der Waals surface area contributed by atoms with Crippen molar-refractivity contribution in [3.05, 3.63) is 35.4 Å². The molecule has 0 aromatic heterocycles. The normalized spacial score (nSPS) is 8.64. The molecule has 6 N–H and O–H groups in total. The van der Waals surface area contributed by atoms with Crippen molar-refractivity contribution in [2.75, 3.05) is 14.2 Å². The predicted molar refractivity (Wildman–Crippen MR) is 109 cm³/mol. The van der Waals surface area contributed by atoms with E-state index in [4.69, 9.17) is 29.9 Å². The van der Waals surface area contributed by atoms with Crippen LogP contribution in [-0.2, 0) is 13.2 Å². The van der Waals surface area contributed by atoms with Gasteiger partial charge in [-0.3, -0.25) is 0 Å². The Morgan fingerprint density at radius 1 is 0.643 bits per heavy atom. The smallest absolute Gasteiger partial charge is 0.164 e. The lowest BCUT2D eigenvalue weighted by Crippen LogP contribution is -1.89. The van der Waals surface area contributed by atoms with E-state index in [1.807, 2.05) is 13.8 Å². The molecule has 0 saturated carbocycles. The van der Waals surface area contributed by atoms with Crippen LogP contribution >= 0.6 is 0 Å². The zero-order valence-electron chi connectivity index (χ0n) is 15.2. The molecule has 8 heteroatoms. The summed E-state index contributed by atoms with van der Waals surface area (Å²) in [4.78, 5) is 0. The van der Waals surface area contributed by atoms with Gasteiger partial charge in [-0.05, 0) is 12.1 Å². The SMILES string of the molecule is C.C.CC.COc1cc(O)cc(CO)c1O.COc1cc(O)cc(CO)c1O. The highest BCUT2D eigenvalue weighted by molar-refractivity contribution is 5.50. The average Bonchev–Trinajstić information content (AvgIpc) is 2.66. The van der Waals surface area contributed by atoms with Crippen LogP contribution in [0.5, 0.6) is 34.5 Å². The number of aliphatic hydroxyl groups excluding tert-OH is 2. The van der Waals surface area contributed by atoms with Gasteiger partial charge in [0.2, 0.25) is 0 Å². The molecule has 0 spiro atoms. The maximum Gasteiger partial charge on any atom is 0.164 e. The number of phenols is 4. The zero-order valence-corrected chi connectivity index (χ0v) is 15.2. The fraction of sp³-hybridized carbons (Fsp3) is 0.400. The number of aromatic hydroxyl groups is 4. The van der Waals surface area contributed by atoms with Gasteiger partial charge in [0.1, 0.15) is 11.5 Å². The summed E-state index contributed by atoms with van der Waals surface area (Å²) < 4.78 is 9.49. The van der Waals surface area contributed by atoms with Crippen LogP contribution in [0.4, 0.5) is 0 Å². The number of benzene rings is 2. The number of methoxy groups -OCH3 is 2. The Balaban J connectivity index is -0.000000385. The van der Waals surface area contributed by atoms with E-state index in [0.717, 1.165) is 0 Å². The lowest BCUT2D eigenvalue weighted by atomic mass is 10.2. The van der Waals surface area contributed by atoms with Gasteiger partial charge in [0.05, 0.1) is 27.4 Å². The number of aliphatic hydroxyl groups is 2. The van der Waals surface area contributed by atoms with E-state index in [1.165, 1.54) is 38.5 Å². The second-order valence-electron chi connectivity index (χ2n) is 4.63. The van der Waals surface area contributed by atoms with Crippen LogP contribution in [0.1, 0.15) is 39.8 Å². The van der Waals surface area contributed by atoms with E-state index in [2.05, 4.69) is 0 Å². The first-order valence-electron chi connectivity index (χ1n) is 7.77. The van der Waals surface area contributed by atoms with Gasteiger partial charge in [0.15, 0.2) is 23.0 Å². The molecule has 28 heavy (non-hydrogen) atoms. The molecule has 0 unspecified atom stereocenters.